The Morgan fingerprint density at radius 2 is 1.80 bits per heavy atom. The molecule has 7 heteroatoms. The van der Waals surface area contributed by atoms with Crippen LogP contribution in [0.5, 0.6) is 0 Å². The second kappa shape index (κ2) is 8.54. The van der Waals surface area contributed by atoms with Gasteiger partial charge < -0.3 is 15.0 Å². The third kappa shape index (κ3) is 6.21. The molecule has 0 aromatic heterocycles. The predicted octanol–water partition coefficient (Wildman–Crippen LogP) is 2.62. The Bertz CT molecular complexity index is 608. The third-order valence-electron chi connectivity index (χ3n) is 3.86. The molecule has 0 bridgehead atoms. The van der Waals surface area contributed by atoms with E-state index in [1.807, 2.05) is 20.8 Å². The zero-order valence-electron chi connectivity index (χ0n) is 15.0. The van der Waals surface area contributed by atoms with Crippen LogP contribution >= 0.6 is 11.6 Å². The average Bonchev–Trinajstić information content (AvgIpc) is 2.54. The lowest BCUT2D eigenvalue weighted by Crippen LogP contribution is -2.51. The van der Waals surface area contributed by atoms with Crippen LogP contribution in [0.25, 0.3) is 0 Å². The molecule has 0 spiro atoms. The van der Waals surface area contributed by atoms with Crippen molar-refractivity contribution in [3.63, 3.8) is 0 Å². The van der Waals surface area contributed by atoms with Crippen molar-refractivity contribution in [2.24, 2.45) is 0 Å². The van der Waals surface area contributed by atoms with Crippen molar-refractivity contribution >= 4 is 23.6 Å². The summed E-state index contributed by atoms with van der Waals surface area (Å²) in [5, 5.41) is 3.33. The highest BCUT2D eigenvalue weighted by Crippen LogP contribution is 2.14. The molecule has 1 N–H and O–H groups in total. The fourth-order valence-corrected chi connectivity index (χ4v) is 2.77. The van der Waals surface area contributed by atoms with E-state index in [1.165, 1.54) is 0 Å². The Kier molecular flexibility index (Phi) is 6.67. The molecule has 1 saturated heterocycles. The highest BCUT2D eigenvalue weighted by Gasteiger charge is 2.25. The Morgan fingerprint density at radius 3 is 2.40 bits per heavy atom. The van der Waals surface area contributed by atoms with E-state index in [0.717, 1.165) is 19.6 Å². The van der Waals surface area contributed by atoms with Gasteiger partial charge in [0.15, 0.2) is 0 Å². The van der Waals surface area contributed by atoms with Crippen molar-refractivity contribution < 1.29 is 14.3 Å². The summed E-state index contributed by atoms with van der Waals surface area (Å²) in [5.74, 6) is -0.169. The number of nitrogens with one attached hydrogen (secondary N) is 1. The molecular formula is C18H26ClN3O3. The van der Waals surface area contributed by atoms with Gasteiger partial charge in [0.2, 0.25) is 0 Å². The van der Waals surface area contributed by atoms with E-state index < -0.39 is 5.60 Å². The highest BCUT2D eigenvalue weighted by molar-refractivity contribution is 6.33. The van der Waals surface area contributed by atoms with Crippen molar-refractivity contribution in [3.05, 3.63) is 34.9 Å². The molecule has 0 unspecified atom stereocenters. The molecule has 2 rings (SSSR count). The van der Waals surface area contributed by atoms with E-state index in [0.29, 0.717) is 30.2 Å². The first kappa shape index (κ1) is 19.5. The molecule has 2 amide bonds. The molecule has 0 saturated carbocycles. The third-order valence-corrected chi connectivity index (χ3v) is 4.19. The molecule has 0 radical (unpaired) electrons. The smallest absolute Gasteiger partial charge is 0.410 e. The minimum absolute atomic E-state index is 0.169. The van der Waals surface area contributed by atoms with Crippen LogP contribution in [0.4, 0.5) is 4.79 Å². The largest absolute Gasteiger partial charge is 0.444 e. The topological polar surface area (TPSA) is 61.9 Å². The highest BCUT2D eigenvalue weighted by atomic mass is 35.5. The lowest BCUT2D eigenvalue weighted by Gasteiger charge is -2.35. The molecule has 138 valence electrons. The standard InChI is InChI=1S/C18H26ClN3O3/c1-18(2,3)25-17(24)22-12-10-21(11-13-22)9-8-20-16(23)14-6-4-5-7-15(14)19/h4-7H,8-13H2,1-3H3,(H,20,23). The first-order valence-corrected chi connectivity index (χ1v) is 8.87. The van der Waals surface area contributed by atoms with Crippen LogP contribution in [0, 0.1) is 0 Å². The van der Waals surface area contributed by atoms with Crippen molar-refractivity contribution in [2.75, 3.05) is 39.3 Å². The van der Waals surface area contributed by atoms with Gasteiger partial charge in [0.25, 0.3) is 5.91 Å². The van der Waals surface area contributed by atoms with Crippen LogP contribution in [0.3, 0.4) is 0 Å². The van der Waals surface area contributed by atoms with Crippen LogP contribution in [-0.2, 0) is 4.74 Å². The number of hydrogen-bond donors (Lipinski definition) is 1. The molecule has 1 aromatic carbocycles. The number of nitrogens with zero attached hydrogens (tertiary/aromatic N) is 2. The number of amides is 2. The first-order chi connectivity index (χ1) is 11.8. The van der Waals surface area contributed by atoms with Crippen LogP contribution < -0.4 is 5.32 Å². The van der Waals surface area contributed by atoms with Crippen molar-refractivity contribution in [3.8, 4) is 0 Å². The monoisotopic (exact) mass is 367 g/mol. The van der Waals surface area contributed by atoms with E-state index >= 15 is 0 Å². The molecule has 25 heavy (non-hydrogen) atoms. The van der Waals surface area contributed by atoms with Crippen molar-refractivity contribution in [1.29, 1.82) is 0 Å². The summed E-state index contributed by atoms with van der Waals surface area (Å²) in [6.07, 6.45) is -0.265. The van der Waals surface area contributed by atoms with Crippen LogP contribution in [0.2, 0.25) is 5.02 Å². The number of halogens is 1. The van der Waals surface area contributed by atoms with E-state index in [1.54, 1.807) is 29.2 Å². The minimum atomic E-state index is -0.475. The molecule has 1 heterocycles. The summed E-state index contributed by atoms with van der Waals surface area (Å²) >= 11 is 6.02. The van der Waals surface area contributed by atoms with Gasteiger partial charge in [-0.05, 0) is 32.9 Å². The molecule has 1 aromatic rings. The normalized spacial score (nSPS) is 15.8. The Labute approximate surface area is 154 Å². The van der Waals surface area contributed by atoms with Gasteiger partial charge in [-0.25, -0.2) is 4.79 Å². The lowest BCUT2D eigenvalue weighted by atomic mass is 10.2. The average molecular weight is 368 g/mol. The maximum absolute atomic E-state index is 12.1. The molecule has 6 nitrogen and oxygen atoms in total. The van der Waals surface area contributed by atoms with Crippen LogP contribution in [0.15, 0.2) is 24.3 Å². The van der Waals surface area contributed by atoms with Gasteiger partial charge in [-0.2, -0.15) is 0 Å². The molecular weight excluding hydrogens is 342 g/mol. The Hall–Kier alpha value is -1.79. The van der Waals surface area contributed by atoms with Gasteiger partial charge in [0, 0.05) is 39.3 Å². The zero-order chi connectivity index (χ0) is 18.4. The van der Waals surface area contributed by atoms with Gasteiger partial charge >= 0.3 is 6.09 Å². The maximum Gasteiger partial charge on any atom is 0.410 e. The zero-order valence-corrected chi connectivity index (χ0v) is 15.8. The number of carbonyl (C=O) groups is 2. The van der Waals surface area contributed by atoms with Crippen LogP contribution in [-0.4, -0.2) is 66.7 Å². The molecule has 1 aliphatic heterocycles. The van der Waals surface area contributed by atoms with Gasteiger partial charge in [-0.15, -0.1) is 0 Å². The lowest BCUT2D eigenvalue weighted by molar-refractivity contribution is 0.0147. The van der Waals surface area contributed by atoms with Gasteiger partial charge in [-0.1, -0.05) is 23.7 Å². The second-order valence-electron chi connectivity index (χ2n) is 7.04. The van der Waals surface area contributed by atoms with Crippen molar-refractivity contribution in [1.82, 2.24) is 15.1 Å². The fraction of sp³-hybridized carbons (Fsp3) is 0.556. The predicted molar refractivity (Wildman–Crippen MR) is 98.0 cm³/mol. The van der Waals surface area contributed by atoms with Gasteiger partial charge in [0.1, 0.15) is 5.60 Å². The minimum Gasteiger partial charge on any atom is -0.444 e. The van der Waals surface area contributed by atoms with Gasteiger partial charge in [0.05, 0.1) is 10.6 Å². The molecule has 1 fully saturated rings. The van der Waals surface area contributed by atoms with Crippen LogP contribution in [0.1, 0.15) is 31.1 Å². The summed E-state index contributed by atoms with van der Waals surface area (Å²) in [4.78, 5) is 28.1. The first-order valence-electron chi connectivity index (χ1n) is 8.49. The van der Waals surface area contributed by atoms with E-state index in [4.69, 9.17) is 16.3 Å². The summed E-state index contributed by atoms with van der Waals surface area (Å²) < 4.78 is 5.38. The van der Waals surface area contributed by atoms with E-state index in [9.17, 15) is 9.59 Å². The summed E-state index contributed by atoms with van der Waals surface area (Å²) in [7, 11) is 0. The van der Waals surface area contributed by atoms with E-state index in [-0.39, 0.29) is 12.0 Å². The number of rotatable bonds is 4. The molecule has 1 aliphatic rings. The Morgan fingerprint density at radius 1 is 1.16 bits per heavy atom. The number of hydrogen-bond acceptors (Lipinski definition) is 4. The molecule has 0 aliphatic carbocycles. The fourth-order valence-electron chi connectivity index (χ4n) is 2.55. The Balaban J connectivity index is 1.70. The van der Waals surface area contributed by atoms with Crippen molar-refractivity contribution in [2.45, 2.75) is 26.4 Å². The summed E-state index contributed by atoms with van der Waals surface area (Å²) in [6.45, 7) is 9.66. The quantitative estimate of drug-likeness (QED) is 0.888. The number of ether oxygens (including phenoxy) is 1. The number of piperazine rings is 1. The summed E-state index contributed by atoms with van der Waals surface area (Å²) in [5.41, 5.74) is 0.0101. The second-order valence-corrected chi connectivity index (χ2v) is 7.45. The number of benzene rings is 1. The SMILES string of the molecule is CC(C)(C)OC(=O)N1CCN(CCNC(=O)c2ccccc2Cl)CC1. The van der Waals surface area contributed by atoms with E-state index in [2.05, 4.69) is 10.2 Å². The summed E-state index contributed by atoms with van der Waals surface area (Å²) in [6, 6.07) is 6.99. The molecule has 0 atom stereocenters. The maximum atomic E-state index is 12.1. The van der Waals surface area contributed by atoms with Gasteiger partial charge in [-0.3, -0.25) is 9.69 Å². The number of carbonyl (C=O) groups excluding carboxylic acids is 2.